The van der Waals surface area contributed by atoms with Crippen molar-refractivity contribution in [2.24, 2.45) is 11.5 Å². The fraction of sp³-hybridized carbons (Fsp3) is 0.0714. The van der Waals surface area contributed by atoms with Gasteiger partial charge in [-0.15, -0.1) is 0 Å². The molecule has 0 aliphatic heterocycles. The van der Waals surface area contributed by atoms with Crippen LogP contribution in [0, 0.1) is 5.82 Å². The van der Waals surface area contributed by atoms with E-state index in [1.165, 1.54) is 12.1 Å². The molecular weight excluding hydrogens is 337 g/mol. The van der Waals surface area contributed by atoms with Crippen LogP contribution in [0.2, 0.25) is 0 Å². The smallest absolute Gasteiger partial charge is 0.268 e. The van der Waals surface area contributed by atoms with Crippen LogP contribution >= 0.6 is 11.8 Å². The number of aromatic nitrogens is 2. The first-order valence-electron chi connectivity index (χ1n) is 6.53. The minimum Gasteiger partial charge on any atom is -0.493 e. The van der Waals surface area contributed by atoms with Gasteiger partial charge in [0, 0.05) is 17.5 Å². The number of amides is 1. The van der Waals surface area contributed by atoms with Gasteiger partial charge in [0.05, 0.1) is 5.70 Å². The number of rotatable bonds is 4. The molecule has 7 N–H and O–H groups in total. The van der Waals surface area contributed by atoms with Gasteiger partial charge in [0.1, 0.15) is 5.82 Å². The summed E-state index contributed by atoms with van der Waals surface area (Å²) in [5.74, 6) is -2.35. The van der Waals surface area contributed by atoms with E-state index in [0.717, 1.165) is 24.0 Å². The Labute approximate surface area is 139 Å². The molecular formula is C14H14FN5O3S. The monoisotopic (exact) mass is 351 g/mol. The zero-order valence-electron chi connectivity index (χ0n) is 12.5. The van der Waals surface area contributed by atoms with Crippen molar-refractivity contribution >= 4 is 29.1 Å². The third kappa shape index (κ3) is 3.49. The number of thioether (sulfide) groups is 1. The second kappa shape index (κ2) is 7.04. The van der Waals surface area contributed by atoms with Gasteiger partial charge < -0.3 is 26.9 Å². The number of aromatic amines is 1. The number of H-pyrrole nitrogens is 1. The van der Waals surface area contributed by atoms with E-state index in [4.69, 9.17) is 11.5 Å². The summed E-state index contributed by atoms with van der Waals surface area (Å²) in [6.07, 6.45) is 2.69. The number of anilines is 1. The molecule has 1 aromatic carbocycles. The minimum atomic E-state index is -0.927. The lowest BCUT2D eigenvalue weighted by Crippen LogP contribution is -2.24. The van der Waals surface area contributed by atoms with Gasteiger partial charge in [0.15, 0.2) is 10.7 Å². The Morgan fingerprint density at radius 2 is 2.21 bits per heavy atom. The van der Waals surface area contributed by atoms with Gasteiger partial charge in [-0.05, 0) is 24.5 Å². The summed E-state index contributed by atoms with van der Waals surface area (Å²) >= 11 is 1.09. The molecule has 10 heteroatoms. The topological polar surface area (TPSA) is 147 Å². The number of hydrogen-bond acceptors (Lipinski definition) is 7. The molecule has 0 atom stereocenters. The molecule has 0 saturated carbocycles. The van der Waals surface area contributed by atoms with E-state index in [1.54, 1.807) is 6.26 Å². The first kappa shape index (κ1) is 17.3. The Bertz CT molecular complexity index is 881. The summed E-state index contributed by atoms with van der Waals surface area (Å²) in [5, 5.41) is 12.2. The highest BCUT2D eigenvalue weighted by atomic mass is 32.2. The summed E-state index contributed by atoms with van der Waals surface area (Å²) < 4.78 is 13.9. The first-order valence-corrected chi connectivity index (χ1v) is 7.75. The molecule has 1 amide bonds. The number of benzene rings is 1. The number of carbonyl (C=O) groups is 1. The van der Waals surface area contributed by atoms with Crippen LogP contribution in [0.1, 0.15) is 15.9 Å². The van der Waals surface area contributed by atoms with Crippen molar-refractivity contribution in [3.05, 3.63) is 51.7 Å². The largest absolute Gasteiger partial charge is 0.493 e. The number of nitrogens with zero attached hydrogens (tertiary/aromatic N) is 1. The van der Waals surface area contributed by atoms with Crippen LogP contribution < -0.4 is 22.3 Å². The maximum atomic E-state index is 13.9. The third-order valence-electron chi connectivity index (χ3n) is 3.02. The molecule has 0 aliphatic rings. The van der Waals surface area contributed by atoms with Crippen molar-refractivity contribution < 1.29 is 14.3 Å². The highest BCUT2D eigenvalue weighted by molar-refractivity contribution is 7.98. The quantitative estimate of drug-likeness (QED) is 0.404. The zero-order valence-corrected chi connectivity index (χ0v) is 13.3. The van der Waals surface area contributed by atoms with Gasteiger partial charge in [-0.2, -0.15) is 4.98 Å². The molecule has 0 fully saturated rings. The predicted octanol–water partition coefficient (Wildman–Crippen LogP) is 0.805. The lowest BCUT2D eigenvalue weighted by molar-refractivity contribution is 0.102. The second-order valence-electron chi connectivity index (χ2n) is 4.54. The number of hydrogen-bond donors (Lipinski definition) is 5. The van der Waals surface area contributed by atoms with E-state index < -0.39 is 28.7 Å². The summed E-state index contributed by atoms with van der Waals surface area (Å²) in [6, 6.07) is 3.71. The minimum absolute atomic E-state index is 0.0383. The predicted molar refractivity (Wildman–Crippen MR) is 89.0 cm³/mol. The third-order valence-corrected chi connectivity index (χ3v) is 3.60. The average molecular weight is 351 g/mol. The molecule has 0 spiro atoms. The average Bonchev–Trinajstić information content (AvgIpc) is 2.53. The summed E-state index contributed by atoms with van der Waals surface area (Å²) in [7, 11) is 0. The normalized spacial score (nSPS) is 11.3. The molecule has 0 aliphatic carbocycles. The lowest BCUT2D eigenvalue weighted by Gasteiger charge is -2.09. The van der Waals surface area contributed by atoms with E-state index in [2.05, 4.69) is 15.3 Å². The van der Waals surface area contributed by atoms with E-state index >= 15 is 0 Å². The van der Waals surface area contributed by atoms with Crippen molar-refractivity contribution in [2.45, 2.75) is 5.16 Å². The van der Waals surface area contributed by atoms with Crippen molar-refractivity contribution in [1.29, 1.82) is 0 Å². The van der Waals surface area contributed by atoms with Gasteiger partial charge in [0.25, 0.3) is 11.5 Å². The van der Waals surface area contributed by atoms with Crippen molar-refractivity contribution in [1.82, 2.24) is 9.97 Å². The molecule has 0 bridgehead atoms. The molecule has 0 saturated heterocycles. The SMILES string of the molecule is CSc1nc(O)c(C(=O)Nc2ccc(C(N)=CN)c(F)c2)c(=O)[nH]1. The number of aromatic hydroxyl groups is 1. The van der Waals surface area contributed by atoms with Crippen LogP contribution in [0.4, 0.5) is 10.1 Å². The van der Waals surface area contributed by atoms with Crippen LogP contribution in [0.15, 0.2) is 34.4 Å². The van der Waals surface area contributed by atoms with Gasteiger partial charge in [-0.3, -0.25) is 9.59 Å². The summed E-state index contributed by atoms with van der Waals surface area (Å²) in [4.78, 5) is 30.0. The van der Waals surface area contributed by atoms with Gasteiger partial charge >= 0.3 is 0 Å². The fourth-order valence-electron chi connectivity index (χ4n) is 1.85. The standard InChI is InChI=1S/C14H14FN5O3S/c1-24-14-19-12(22)10(13(23)20-14)11(21)18-6-2-3-7(8(15)4-6)9(17)5-16/h2-5H,16-17H2,1H3,(H,18,21)(H2,19,20,22,23). The molecule has 126 valence electrons. The Morgan fingerprint density at radius 3 is 2.75 bits per heavy atom. The highest BCUT2D eigenvalue weighted by Crippen LogP contribution is 2.20. The summed E-state index contributed by atoms with van der Waals surface area (Å²) in [5.41, 5.74) is 9.55. The van der Waals surface area contributed by atoms with Crippen molar-refractivity contribution in [3.8, 4) is 5.88 Å². The van der Waals surface area contributed by atoms with Crippen LogP contribution in [0.5, 0.6) is 5.88 Å². The molecule has 8 nitrogen and oxygen atoms in total. The van der Waals surface area contributed by atoms with E-state index in [9.17, 15) is 19.1 Å². The Morgan fingerprint density at radius 1 is 1.50 bits per heavy atom. The lowest BCUT2D eigenvalue weighted by atomic mass is 10.1. The van der Waals surface area contributed by atoms with Crippen LogP contribution in [0.25, 0.3) is 5.70 Å². The van der Waals surface area contributed by atoms with Gasteiger partial charge in [-0.1, -0.05) is 11.8 Å². The Hall–Kier alpha value is -3.01. The van der Waals surface area contributed by atoms with Gasteiger partial charge in [0.2, 0.25) is 5.88 Å². The van der Waals surface area contributed by atoms with Crippen molar-refractivity contribution in [3.63, 3.8) is 0 Å². The summed E-state index contributed by atoms with van der Waals surface area (Å²) in [6.45, 7) is 0. The molecule has 24 heavy (non-hydrogen) atoms. The maximum Gasteiger partial charge on any atom is 0.268 e. The Kier molecular flexibility index (Phi) is 5.09. The molecule has 0 unspecified atom stereocenters. The molecule has 1 aromatic heterocycles. The molecule has 1 heterocycles. The maximum absolute atomic E-state index is 13.9. The zero-order chi connectivity index (χ0) is 17.9. The van der Waals surface area contributed by atoms with Crippen molar-refractivity contribution in [2.75, 3.05) is 11.6 Å². The van der Waals surface area contributed by atoms with Crippen LogP contribution in [0.3, 0.4) is 0 Å². The molecule has 2 rings (SSSR count). The van der Waals surface area contributed by atoms with E-state index in [1.807, 2.05) is 0 Å². The fourth-order valence-corrected chi connectivity index (χ4v) is 2.23. The first-order chi connectivity index (χ1) is 11.4. The molecule has 2 aromatic rings. The number of halogens is 1. The van der Waals surface area contributed by atoms with E-state index in [0.29, 0.717) is 0 Å². The van der Waals surface area contributed by atoms with E-state index in [-0.39, 0.29) is 22.1 Å². The van der Waals surface area contributed by atoms with Crippen LogP contribution in [-0.2, 0) is 0 Å². The second-order valence-corrected chi connectivity index (χ2v) is 5.34. The number of nitrogens with one attached hydrogen (secondary N) is 2. The van der Waals surface area contributed by atoms with Crippen LogP contribution in [-0.4, -0.2) is 27.2 Å². The van der Waals surface area contributed by atoms with Gasteiger partial charge in [-0.25, -0.2) is 4.39 Å². The molecule has 0 radical (unpaired) electrons. The number of nitrogens with two attached hydrogens (primary N) is 2. The Balaban J connectivity index is 2.31. The number of carbonyl (C=O) groups excluding carboxylic acids is 1. The highest BCUT2D eigenvalue weighted by Gasteiger charge is 2.19.